The van der Waals surface area contributed by atoms with Crippen LogP contribution in [0.5, 0.6) is 0 Å². The fourth-order valence-corrected chi connectivity index (χ4v) is 2.57. The molecule has 0 saturated carbocycles. The van der Waals surface area contributed by atoms with Crippen LogP contribution in [-0.4, -0.2) is 32.6 Å². The Balaban J connectivity index is 2.49. The first kappa shape index (κ1) is 22.1. The molecule has 0 fully saturated rings. The summed E-state index contributed by atoms with van der Waals surface area (Å²) >= 11 is 18.3. The van der Waals surface area contributed by atoms with Crippen LogP contribution in [0.4, 0.5) is 22.7 Å². The molecule has 0 heterocycles. The average Bonchev–Trinajstić information content (AvgIpc) is 2.71. The number of hydrogen-bond acceptors (Lipinski definition) is 11. The molecule has 0 aliphatic rings. The minimum Gasteiger partial charge on any atom is -0.386 e. The number of hydrogen-bond donors (Lipinski definition) is 0. The number of aliphatic imine (C=N–C) groups is 4. The van der Waals surface area contributed by atoms with E-state index in [1.807, 2.05) is 0 Å². The maximum atomic E-state index is 12.6. The lowest BCUT2D eigenvalue weighted by atomic mass is 10.1. The summed E-state index contributed by atoms with van der Waals surface area (Å²) in [5.41, 5.74) is 0.345. The van der Waals surface area contributed by atoms with Crippen LogP contribution in [0, 0.1) is 0 Å². The summed E-state index contributed by atoms with van der Waals surface area (Å²) in [6.07, 6.45) is 0. The number of carbonyl (C=O) groups excluding carboxylic acids is 2. The van der Waals surface area contributed by atoms with Gasteiger partial charge in [-0.3, -0.25) is 0 Å². The number of esters is 2. The van der Waals surface area contributed by atoms with E-state index in [0.717, 1.165) is 0 Å². The van der Waals surface area contributed by atoms with Gasteiger partial charge in [-0.2, -0.15) is 20.0 Å². The van der Waals surface area contributed by atoms with Crippen molar-refractivity contribution in [1.82, 2.24) is 0 Å². The fraction of sp³-hybridized carbons (Fsp3) is 0. The summed E-state index contributed by atoms with van der Waals surface area (Å²) in [6, 6.07) is 8.83. The zero-order valence-corrected chi connectivity index (χ0v) is 17.4. The van der Waals surface area contributed by atoms with Crippen LogP contribution in [0.15, 0.2) is 56.4 Å². The normalized spacial score (nSPS) is 8.97. The third-order valence-corrected chi connectivity index (χ3v) is 3.67. The van der Waals surface area contributed by atoms with Gasteiger partial charge >= 0.3 is 11.9 Å². The summed E-state index contributed by atoms with van der Waals surface area (Å²) in [6.45, 7) is 0. The smallest absolute Gasteiger partial charge is 0.348 e. The van der Waals surface area contributed by atoms with Crippen LogP contribution in [0.2, 0.25) is 0 Å². The Hall–Kier alpha value is -3.22. The lowest BCUT2D eigenvalue weighted by molar-refractivity contribution is 0.0399. The van der Waals surface area contributed by atoms with Gasteiger partial charge < -0.3 is 4.74 Å². The molecule has 0 bridgehead atoms. The van der Waals surface area contributed by atoms with Gasteiger partial charge in [0.2, 0.25) is 0 Å². The molecule has 0 spiro atoms. The number of isothiocyanates is 4. The molecule has 0 aliphatic heterocycles. The van der Waals surface area contributed by atoms with E-state index in [1.54, 1.807) is 0 Å². The summed E-state index contributed by atoms with van der Waals surface area (Å²) in [5, 5.41) is 8.62. The van der Waals surface area contributed by atoms with E-state index in [9.17, 15) is 9.59 Å². The highest BCUT2D eigenvalue weighted by molar-refractivity contribution is 7.78. The van der Waals surface area contributed by atoms with Crippen LogP contribution >= 0.6 is 48.9 Å². The molecule has 0 aromatic heterocycles. The summed E-state index contributed by atoms with van der Waals surface area (Å²) in [4.78, 5) is 40.4. The van der Waals surface area contributed by atoms with Crippen LogP contribution < -0.4 is 0 Å². The van der Waals surface area contributed by atoms with Crippen LogP contribution in [-0.2, 0) is 4.74 Å². The van der Waals surface area contributed by atoms with E-state index >= 15 is 0 Å². The fourth-order valence-electron chi connectivity index (χ4n) is 2.19. The van der Waals surface area contributed by atoms with Gasteiger partial charge in [-0.05, 0) is 73.1 Å². The van der Waals surface area contributed by atoms with Gasteiger partial charge in [0.15, 0.2) is 0 Å². The van der Waals surface area contributed by atoms with E-state index in [1.165, 1.54) is 36.4 Å². The Bertz CT molecular complexity index is 1110. The van der Waals surface area contributed by atoms with E-state index in [0.29, 0.717) is 0 Å². The standard InChI is InChI=1S/C18H6N4O3S4/c23-17(11-3-1-5-13(19-7-26)15(11)21-9-28)25-18(24)12-4-2-6-14(20-8-27)16(12)22-10-29/h1-6H. The topological polar surface area (TPSA) is 92.8 Å². The molecule has 0 amide bonds. The molecular weight excluding hydrogens is 448 g/mol. The van der Waals surface area contributed by atoms with Crippen molar-refractivity contribution in [3.8, 4) is 0 Å². The Morgan fingerprint density at radius 1 is 0.655 bits per heavy atom. The maximum Gasteiger partial charge on any atom is 0.348 e. The number of nitrogens with zero attached hydrogens (tertiary/aromatic N) is 4. The number of para-hydroxylation sites is 2. The molecule has 29 heavy (non-hydrogen) atoms. The summed E-state index contributed by atoms with van der Waals surface area (Å²) in [5.74, 6) is -2.00. The van der Waals surface area contributed by atoms with Crippen molar-refractivity contribution in [2.24, 2.45) is 20.0 Å². The van der Waals surface area contributed by atoms with E-state index in [4.69, 9.17) is 4.74 Å². The molecule has 0 atom stereocenters. The predicted octanol–water partition coefficient (Wildman–Crippen LogP) is 5.62. The first-order chi connectivity index (χ1) is 14.1. The average molecular weight is 455 g/mol. The molecule has 0 unspecified atom stereocenters. The maximum absolute atomic E-state index is 12.6. The second kappa shape index (κ2) is 10.9. The lowest BCUT2D eigenvalue weighted by Gasteiger charge is -2.08. The zero-order chi connectivity index (χ0) is 21.2. The largest absolute Gasteiger partial charge is 0.386 e. The summed E-state index contributed by atoms with van der Waals surface area (Å²) < 4.78 is 4.97. The predicted molar refractivity (Wildman–Crippen MR) is 121 cm³/mol. The van der Waals surface area contributed by atoms with Crippen molar-refractivity contribution in [1.29, 1.82) is 0 Å². The van der Waals surface area contributed by atoms with Crippen molar-refractivity contribution >= 4 is 104 Å². The Morgan fingerprint density at radius 3 is 1.38 bits per heavy atom. The number of benzene rings is 2. The van der Waals surface area contributed by atoms with Crippen molar-refractivity contribution < 1.29 is 14.3 Å². The molecular formula is C18H6N4O3S4. The Labute approximate surface area is 185 Å². The quantitative estimate of drug-likeness (QED) is 0.242. The third-order valence-electron chi connectivity index (χ3n) is 3.30. The molecule has 0 saturated heterocycles. The van der Waals surface area contributed by atoms with Crippen LogP contribution in [0.25, 0.3) is 0 Å². The second-order valence-electron chi connectivity index (χ2n) is 4.84. The number of carbonyl (C=O) groups is 2. The van der Waals surface area contributed by atoms with Crippen LogP contribution in [0.1, 0.15) is 20.7 Å². The van der Waals surface area contributed by atoms with Gasteiger partial charge in [-0.15, -0.1) is 0 Å². The zero-order valence-electron chi connectivity index (χ0n) is 14.1. The lowest BCUT2D eigenvalue weighted by Crippen LogP contribution is -2.13. The first-order valence-corrected chi connectivity index (χ1v) is 9.04. The van der Waals surface area contributed by atoms with Gasteiger partial charge in [0.25, 0.3) is 0 Å². The SMILES string of the molecule is O=C(OC(=O)c1cccc(N=C=S)c1N=C=S)c1cccc(N=C=S)c1N=C=S. The molecule has 2 aromatic rings. The highest BCUT2D eigenvalue weighted by Crippen LogP contribution is 2.34. The molecule has 0 N–H and O–H groups in total. The van der Waals surface area contributed by atoms with Gasteiger partial charge in [0.05, 0.1) is 31.8 Å². The molecule has 7 nitrogen and oxygen atoms in total. The highest BCUT2D eigenvalue weighted by Gasteiger charge is 2.23. The molecule has 140 valence electrons. The molecule has 2 rings (SSSR count). The number of rotatable bonds is 6. The monoisotopic (exact) mass is 454 g/mol. The molecule has 0 radical (unpaired) electrons. The molecule has 11 heteroatoms. The molecule has 0 aliphatic carbocycles. The minimum absolute atomic E-state index is 0.0360. The Morgan fingerprint density at radius 2 is 1.03 bits per heavy atom. The number of thiocarbonyl (C=S) groups is 4. The number of ether oxygens (including phenoxy) is 1. The minimum atomic E-state index is -0.999. The van der Waals surface area contributed by atoms with Gasteiger partial charge in [0.1, 0.15) is 22.7 Å². The van der Waals surface area contributed by atoms with E-state index in [-0.39, 0.29) is 33.9 Å². The second-order valence-corrected chi connectivity index (χ2v) is 5.57. The van der Waals surface area contributed by atoms with Crippen LogP contribution in [0.3, 0.4) is 0 Å². The van der Waals surface area contributed by atoms with Crippen molar-refractivity contribution in [2.75, 3.05) is 0 Å². The highest BCUT2D eigenvalue weighted by atomic mass is 32.1. The van der Waals surface area contributed by atoms with E-state index in [2.05, 4.69) is 89.5 Å². The van der Waals surface area contributed by atoms with E-state index < -0.39 is 11.9 Å². The van der Waals surface area contributed by atoms with Crippen molar-refractivity contribution in [3.05, 3.63) is 47.5 Å². The van der Waals surface area contributed by atoms with Gasteiger partial charge in [-0.25, -0.2) is 9.59 Å². The summed E-state index contributed by atoms with van der Waals surface area (Å²) in [7, 11) is 0. The third kappa shape index (κ3) is 5.40. The van der Waals surface area contributed by atoms with Gasteiger partial charge in [-0.1, -0.05) is 12.1 Å². The molecule has 2 aromatic carbocycles. The van der Waals surface area contributed by atoms with Crippen molar-refractivity contribution in [3.63, 3.8) is 0 Å². The first-order valence-electron chi connectivity index (χ1n) is 7.41. The van der Waals surface area contributed by atoms with Gasteiger partial charge in [0, 0.05) is 0 Å². The van der Waals surface area contributed by atoms with Crippen molar-refractivity contribution in [2.45, 2.75) is 0 Å². The Kier molecular flexibility index (Phi) is 8.33.